The number of halogens is 1. The minimum absolute atomic E-state index is 0.333. The Morgan fingerprint density at radius 1 is 1.55 bits per heavy atom. The molecule has 1 fully saturated rings. The molecule has 1 aromatic carbocycles. The zero-order valence-corrected chi connectivity index (χ0v) is 13.1. The van der Waals surface area contributed by atoms with Crippen molar-refractivity contribution in [2.45, 2.75) is 24.8 Å². The van der Waals surface area contributed by atoms with Gasteiger partial charge in [0.15, 0.2) is 5.11 Å². The highest BCUT2D eigenvalue weighted by molar-refractivity contribution is 7.80. The molecule has 20 heavy (non-hydrogen) atoms. The maximum absolute atomic E-state index is 6.42. The third kappa shape index (κ3) is 2.41. The summed E-state index contributed by atoms with van der Waals surface area (Å²) in [7, 11) is 1.70. The molecule has 0 saturated carbocycles. The van der Waals surface area contributed by atoms with Gasteiger partial charge in [-0.05, 0) is 48.2 Å². The first-order valence-corrected chi connectivity index (χ1v) is 7.82. The second kappa shape index (κ2) is 5.88. The number of benzene rings is 1. The Balaban J connectivity index is 1.80. The fourth-order valence-electron chi connectivity index (χ4n) is 3.39. The molecule has 2 atom stereocenters. The molecule has 108 valence electrons. The van der Waals surface area contributed by atoms with Gasteiger partial charge in [-0.25, -0.2) is 0 Å². The van der Waals surface area contributed by atoms with Gasteiger partial charge >= 0.3 is 0 Å². The molecule has 1 heterocycles. The second-order valence-corrected chi connectivity index (χ2v) is 6.19. The molecule has 0 spiro atoms. The van der Waals surface area contributed by atoms with Gasteiger partial charge in [-0.2, -0.15) is 0 Å². The maximum atomic E-state index is 6.42. The van der Waals surface area contributed by atoms with E-state index in [1.807, 2.05) is 6.07 Å². The van der Waals surface area contributed by atoms with Crippen molar-refractivity contribution in [3.8, 4) is 0 Å². The average molecular weight is 311 g/mol. The van der Waals surface area contributed by atoms with Crippen LogP contribution in [0.25, 0.3) is 0 Å². The zero-order valence-electron chi connectivity index (χ0n) is 11.6. The fraction of sp³-hybridized carbons (Fsp3) is 0.533. The fourth-order valence-corrected chi connectivity index (χ4v) is 4.02. The lowest BCUT2D eigenvalue weighted by atomic mass is 9.96. The lowest BCUT2D eigenvalue weighted by Gasteiger charge is -2.36. The largest absolute Gasteiger partial charge is 0.383 e. The van der Waals surface area contributed by atoms with Crippen molar-refractivity contribution in [1.29, 1.82) is 0 Å². The van der Waals surface area contributed by atoms with Crippen molar-refractivity contribution in [3.05, 3.63) is 34.3 Å². The van der Waals surface area contributed by atoms with Crippen LogP contribution in [0.4, 0.5) is 0 Å². The van der Waals surface area contributed by atoms with Gasteiger partial charge in [0.25, 0.3) is 0 Å². The van der Waals surface area contributed by atoms with Gasteiger partial charge in [0.1, 0.15) is 0 Å². The standard InChI is InChI=1S/C15H19ClN2OS/c1-19-8-6-17-15(20)18-7-5-10-9-13(18)14-11(10)3-2-4-12(14)16/h2-4,10,13H,5-9H2,1H3,(H,17,20). The van der Waals surface area contributed by atoms with E-state index in [0.717, 1.165) is 36.1 Å². The first-order chi connectivity index (χ1) is 9.72. The number of nitrogens with zero attached hydrogens (tertiary/aromatic N) is 1. The van der Waals surface area contributed by atoms with Crippen LogP contribution < -0.4 is 5.32 Å². The molecule has 1 saturated heterocycles. The molecule has 5 heteroatoms. The number of rotatable bonds is 3. The lowest BCUT2D eigenvalue weighted by molar-refractivity contribution is 0.199. The Morgan fingerprint density at radius 2 is 2.40 bits per heavy atom. The maximum Gasteiger partial charge on any atom is 0.169 e. The number of hydrogen-bond donors (Lipinski definition) is 1. The van der Waals surface area contributed by atoms with Crippen LogP contribution in [0.2, 0.25) is 5.02 Å². The van der Waals surface area contributed by atoms with Gasteiger partial charge < -0.3 is 15.0 Å². The van der Waals surface area contributed by atoms with Crippen molar-refractivity contribution in [3.63, 3.8) is 0 Å². The highest BCUT2D eigenvalue weighted by atomic mass is 35.5. The van der Waals surface area contributed by atoms with Gasteiger partial charge in [0.05, 0.1) is 12.6 Å². The van der Waals surface area contributed by atoms with E-state index in [1.54, 1.807) is 7.11 Å². The molecule has 0 amide bonds. The highest BCUT2D eigenvalue weighted by Gasteiger charge is 2.40. The normalized spacial score (nSPS) is 23.6. The van der Waals surface area contributed by atoms with E-state index in [1.165, 1.54) is 11.1 Å². The smallest absolute Gasteiger partial charge is 0.169 e. The Bertz CT molecular complexity index is 523. The van der Waals surface area contributed by atoms with Crippen molar-refractivity contribution >= 4 is 28.9 Å². The predicted molar refractivity (Wildman–Crippen MR) is 85.4 cm³/mol. The SMILES string of the molecule is COCCNC(=S)N1CCC2CC1c1c(Cl)cccc12. The summed E-state index contributed by atoms with van der Waals surface area (Å²) >= 11 is 12.0. The van der Waals surface area contributed by atoms with Crippen LogP contribution in [0, 0.1) is 0 Å². The number of methoxy groups -OCH3 is 1. The molecule has 3 nitrogen and oxygen atoms in total. The molecule has 0 aromatic heterocycles. The summed E-state index contributed by atoms with van der Waals surface area (Å²) in [6.07, 6.45) is 2.28. The molecule has 2 bridgehead atoms. The van der Waals surface area contributed by atoms with E-state index in [0.29, 0.717) is 18.6 Å². The van der Waals surface area contributed by atoms with Gasteiger partial charge in [-0.15, -0.1) is 0 Å². The Hall–Kier alpha value is -0.840. The summed E-state index contributed by atoms with van der Waals surface area (Å²) in [5.74, 6) is 0.645. The minimum Gasteiger partial charge on any atom is -0.383 e. The zero-order chi connectivity index (χ0) is 14.1. The Morgan fingerprint density at radius 3 is 3.20 bits per heavy atom. The monoisotopic (exact) mass is 310 g/mol. The average Bonchev–Trinajstić information content (AvgIpc) is 2.74. The van der Waals surface area contributed by atoms with Crippen LogP contribution in [0.3, 0.4) is 0 Å². The Labute approximate surface area is 130 Å². The summed E-state index contributed by atoms with van der Waals surface area (Å²) in [5, 5.41) is 4.97. The van der Waals surface area contributed by atoms with Crippen LogP contribution in [0.1, 0.15) is 35.9 Å². The summed E-state index contributed by atoms with van der Waals surface area (Å²) in [6, 6.07) is 6.60. The summed E-state index contributed by atoms with van der Waals surface area (Å²) in [4.78, 5) is 2.29. The van der Waals surface area contributed by atoms with E-state index in [4.69, 9.17) is 28.6 Å². The molecule has 3 rings (SSSR count). The van der Waals surface area contributed by atoms with Crippen molar-refractivity contribution in [2.75, 3.05) is 26.8 Å². The molecule has 1 aromatic rings. The van der Waals surface area contributed by atoms with Gasteiger partial charge in [-0.3, -0.25) is 0 Å². The summed E-state index contributed by atoms with van der Waals surface area (Å²) in [6.45, 7) is 2.41. The number of thiocarbonyl (C=S) groups is 1. The van der Waals surface area contributed by atoms with E-state index < -0.39 is 0 Å². The lowest BCUT2D eigenvalue weighted by Crippen LogP contribution is -2.44. The third-order valence-corrected chi connectivity index (χ3v) is 5.01. The second-order valence-electron chi connectivity index (χ2n) is 5.40. The topological polar surface area (TPSA) is 24.5 Å². The van der Waals surface area contributed by atoms with Gasteiger partial charge in [-0.1, -0.05) is 23.7 Å². The summed E-state index contributed by atoms with van der Waals surface area (Å²) < 4.78 is 5.05. The van der Waals surface area contributed by atoms with Crippen molar-refractivity contribution in [2.24, 2.45) is 0 Å². The van der Waals surface area contributed by atoms with E-state index in [2.05, 4.69) is 22.3 Å². The summed E-state index contributed by atoms with van der Waals surface area (Å²) in [5.41, 5.74) is 2.71. The van der Waals surface area contributed by atoms with Crippen LogP contribution >= 0.6 is 23.8 Å². The molecule has 1 N–H and O–H groups in total. The number of ether oxygens (including phenoxy) is 1. The first kappa shape index (κ1) is 14.1. The van der Waals surface area contributed by atoms with Crippen LogP contribution in [0.15, 0.2) is 18.2 Å². The number of piperidine rings is 1. The number of hydrogen-bond acceptors (Lipinski definition) is 2. The minimum atomic E-state index is 0.333. The van der Waals surface area contributed by atoms with E-state index in [9.17, 15) is 0 Å². The van der Waals surface area contributed by atoms with Crippen LogP contribution in [-0.4, -0.2) is 36.8 Å². The van der Waals surface area contributed by atoms with Crippen molar-refractivity contribution < 1.29 is 4.74 Å². The first-order valence-electron chi connectivity index (χ1n) is 7.04. The molecular weight excluding hydrogens is 292 g/mol. The third-order valence-electron chi connectivity index (χ3n) is 4.31. The number of nitrogens with one attached hydrogen (secondary N) is 1. The van der Waals surface area contributed by atoms with E-state index in [-0.39, 0.29) is 0 Å². The number of fused-ring (bicyclic) bond motifs is 5. The van der Waals surface area contributed by atoms with E-state index >= 15 is 0 Å². The number of likely N-dealkylation sites (tertiary alicyclic amines) is 1. The molecular formula is C15H19ClN2OS. The van der Waals surface area contributed by atoms with Crippen LogP contribution in [0.5, 0.6) is 0 Å². The molecule has 1 aliphatic carbocycles. The molecule has 0 radical (unpaired) electrons. The quantitative estimate of drug-likeness (QED) is 0.685. The van der Waals surface area contributed by atoms with Gasteiger partial charge in [0.2, 0.25) is 0 Å². The van der Waals surface area contributed by atoms with Crippen molar-refractivity contribution in [1.82, 2.24) is 10.2 Å². The predicted octanol–water partition coefficient (Wildman–Crippen LogP) is 3.10. The molecule has 2 unspecified atom stereocenters. The molecule has 1 aliphatic heterocycles. The highest BCUT2D eigenvalue weighted by Crippen LogP contribution is 2.51. The van der Waals surface area contributed by atoms with Gasteiger partial charge in [0, 0.05) is 25.2 Å². The Kier molecular flexibility index (Phi) is 4.15. The molecule has 2 aliphatic rings. The van der Waals surface area contributed by atoms with Crippen LogP contribution in [-0.2, 0) is 4.74 Å².